The molecule has 12 heteroatoms. The van der Waals surface area contributed by atoms with Crippen molar-refractivity contribution in [3.8, 4) is 0 Å². The number of hydrogen-bond donors (Lipinski definition) is 1. The maximum absolute atomic E-state index is 15.2. The minimum absolute atomic E-state index is 0.0151. The van der Waals surface area contributed by atoms with Crippen molar-refractivity contribution in [2.45, 2.75) is 44.6 Å². The van der Waals surface area contributed by atoms with Crippen LogP contribution in [-0.2, 0) is 21.4 Å². The first-order chi connectivity index (χ1) is 17.8. The summed E-state index contributed by atoms with van der Waals surface area (Å²) in [6.07, 6.45) is 7.75. The molecule has 1 N–H and O–H groups in total. The Hall–Kier alpha value is -3.73. The molecule has 0 bridgehead atoms. The number of carbonyl (C=O) groups excluding carboxylic acids is 2. The first kappa shape index (κ1) is 26.3. The molecule has 0 aliphatic heterocycles. The van der Waals surface area contributed by atoms with Crippen molar-refractivity contribution >= 4 is 29.5 Å². The summed E-state index contributed by atoms with van der Waals surface area (Å²) >= 11 is 5.62. The van der Waals surface area contributed by atoms with Crippen LogP contribution in [-0.4, -0.2) is 45.1 Å². The summed E-state index contributed by atoms with van der Waals surface area (Å²) < 4.78 is 39.7. The second kappa shape index (κ2) is 11.5. The largest absolute Gasteiger partial charge is 0.462 e. The van der Waals surface area contributed by atoms with Gasteiger partial charge in [0.15, 0.2) is 11.6 Å². The van der Waals surface area contributed by atoms with Gasteiger partial charge in [0.25, 0.3) is 0 Å². The van der Waals surface area contributed by atoms with Crippen molar-refractivity contribution in [2.24, 2.45) is 0 Å². The number of esters is 2. The van der Waals surface area contributed by atoms with Gasteiger partial charge in [0, 0.05) is 30.4 Å². The number of nitrogens with one attached hydrogen (secondary N) is 1. The third kappa shape index (κ3) is 5.99. The van der Waals surface area contributed by atoms with E-state index in [2.05, 4.69) is 25.3 Å². The molecule has 2 heterocycles. The Kier molecular flexibility index (Phi) is 8.22. The molecule has 194 valence electrons. The average molecular weight is 532 g/mol. The number of anilines is 1. The number of halogens is 3. The normalized spacial score (nSPS) is 13.9. The lowest BCUT2D eigenvalue weighted by Gasteiger charge is -2.44. The summed E-state index contributed by atoms with van der Waals surface area (Å²) in [7, 11) is 0. The molecule has 1 aliphatic carbocycles. The molecule has 0 radical (unpaired) electrons. The lowest BCUT2D eigenvalue weighted by molar-refractivity contribution is 0.0496. The first-order valence-corrected chi connectivity index (χ1v) is 12.1. The molecule has 0 saturated heterocycles. The molecular formula is C25H24ClF2N5O4. The summed E-state index contributed by atoms with van der Waals surface area (Å²) in [4.78, 5) is 39.8. The van der Waals surface area contributed by atoms with E-state index in [0.29, 0.717) is 31.2 Å². The van der Waals surface area contributed by atoms with Gasteiger partial charge < -0.3 is 14.8 Å². The van der Waals surface area contributed by atoms with Crippen LogP contribution in [0.25, 0.3) is 0 Å². The standard InChI is InChI=1S/C25H24ClF2N5O4/c1-2-36-21(34)17-13-31-24(32-14-17)33-25(8-4-9-25)19-15(6-7-18(27)20(19)28)5-3-10-37-22(35)16-11-29-23(26)30-12-16/h6-7,11-14H,2-5,8-10H2,1H3,(H,31,32,33). The number of rotatable bonds is 10. The van der Waals surface area contributed by atoms with Crippen molar-refractivity contribution in [1.82, 2.24) is 19.9 Å². The fourth-order valence-electron chi connectivity index (χ4n) is 4.14. The molecule has 1 aliphatic rings. The van der Waals surface area contributed by atoms with E-state index in [0.717, 1.165) is 12.5 Å². The van der Waals surface area contributed by atoms with Gasteiger partial charge in [0.05, 0.1) is 29.9 Å². The molecule has 1 aromatic carbocycles. The van der Waals surface area contributed by atoms with E-state index < -0.39 is 29.1 Å². The van der Waals surface area contributed by atoms with E-state index in [1.54, 1.807) is 6.92 Å². The van der Waals surface area contributed by atoms with Crippen LogP contribution in [0.3, 0.4) is 0 Å². The summed E-state index contributed by atoms with van der Waals surface area (Å²) in [5.41, 5.74) is 0.218. The van der Waals surface area contributed by atoms with Crippen LogP contribution < -0.4 is 5.32 Å². The molecule has 0 amide bonds. The number of benzene rings is 1. The Bertz CT molecular complexity index is 1270. The van der Waals surface area contributed by atoms with Gasteiger partial charge in [0.1, 0.15) is 0 Å². The molecule has 0 unspecified atom stereocenters. The highest BCUT2D eigenvalue weighted by molar-refractivity contribution is 6.28. The van der Waals surface area contributed by atoms with Crippen molar-refractivity contribution in [2.75, 3.05) is 18.5 Å². The molecule has 1 saturated carbocycles. The van der Waals surface area contributed by atoms with Crippen molar-refractivity contribution < 1.29 is 27.8 Å². The molecule has 2 aromatic heterocycles. The van der Waals surface area contributed by atoms with Gasteiger partial charge in [-0.3, -0.25) is 0 Å². The zero-order chi connectivity index (χ0) is 26.4. The van der Waals surface area contributed by atoms with Crippen LogP contribution in [0.4, 0.5) is 14.7 Å². The lowest BCUT2D eigenvalue weighted by Crippen LogP contribution is -2.44. The monoisotopic (exact) mass is 531 g/mol. The van der Waals surface area contributed by atoms with Crippen LogP contribution >= 0.6 is 11.6 Å². The summed E-state index contributed by atoms with van der Waals surface area (Å²) in [5.74, 6) is -2.87. The van der Waals surface area contributed by atoms with Crippen LogP contribution in [0, 0.1) is 11.6 Å². The highest BCUT2D eigenvalue weighted by atomic mass is 35.5. The quantitative estimate of drug-likeness (QED) is 0.226. The maximum Gasteiger partial charge on any atom is 0.341 e. The van der Waals surface area contributed by atoms with Crippen LogP contribution in [0.15, 0.2) is 36.9 Å². The second-order valence-corrected chi connectivity index (χ2v) is 8.79. The van der Waals surface area contributed by atoms with E-state index in [1.165, 1.54) is 30.9 Å². The zero-order valence-corrected chi connectivity index (χ0v) is 20.7. The highest BCUT2D eigenvalue weighted by Crippen LogP contribution is 2.46. The molecule has 37 heavy (non-hydrogen) atoms. The highest BCUT2D eigenvalue weighted by Gasteiger charge is 2.43. The molecule has 4 rings (SSSR count). The summed E-state index contributed by atoms with van der Waals surface area (Å²) in [6.45, 7) is 1.97. The van der Waals surface area contributed by atoms with Crippen molar-refractivity contribution in [1.29, 1.82) is 0 Å². The van der Waals surface area contributed by atoms with Crippen LogP contribution in [0.5, 0.6) is 0 Å². The molecule has 9 nitrogen and oxygen atoms in total. The van der Waals surface area contributed by atoms with E-state index in [-0.39, 0.29) is 41.1 Å². The number of aromatic nitrogens is 4. The SMILES string of the molecule is CCOC(=O)c1cnc(NC2(c3c(CCCOC(=O)c4cnc(Cl)nc4)ccc(F)c3F)CCC2)nc1. The van der Waals surface area contributed by atoms with Gasteiger partial charge in [-0.05, 0) is 62.3 Å². The van der Waals surface area contributed by atoms with Crippen molar-refractivity contribution in [3.63, 3.8) is 0 Å². The number of ether oxygens (including phenoxy) is 2. The predicted molar refractivity (Wildman–Crippen MR) is 129 cm³/mol. The lowest BCUT2D eigenvalue weighted by atomic mass is 9.69. The third-order valence-electron chi connectivity index (χ3n) is 6.06. The molecule has 1 fully saturated rings. The minimum atomic E-state index is -0.959. The average Bonchev–Trinajstić information content (AvgIpc) is 2.87. The number of hydrogen-bond acceptors (Lipinski definition) is 9. The fraction of sp³-hybridized carbons (Fsp3) is 0.360. The topological polar surface area (TPSA) is 116 Å². The molecule has 3 aromatic rings. The van der Waals surface area contributed by atoms with Gasteiger partial charge in [-0.15, -0.1) is 0 Å². The smallest absolute Gasteiger partial charge is 0.341 e. The second-order valence-electron chi connectivity index (χ2n) is 8.45. The number of aryl methyl sites for hydroxylation is 1. The van der Waals surface area contributed by atoms with Gasteiger partial charge >= 0.3 is 11.9 Å². The fourth-order valence-corrected chi connectivity index (χ4v) is 4.24. The molecule has 0 spiro atoms. The molecule has 0 atom stereocenters. The Morgan fingerprint density at radius 1 is 1.00 bits per heavy atom. The predicted octanol–water partition coefficient (Wildman–Crippen LogP) is 4.66. The maximum atomic E-state index is 15.2. The van der Waals surface area contributed by atoms with Gasteiger partial charge in [-0.25, -0.2) is 38.3 Å². The third-order valence-corrected chi connectivity index (χ3v) is 6.26. The Morgan fingerprint density at radius 2 is 1.62 bits per heavy atom. The van der Waals surface area contributed by atoms with Gasteiger partial charge in [-0.1, -0.05) is 6.07 Å². The zero-order valence-electron chi connectivity index (χ0n) is 20.0. The Morgan fingerprint density at radius 3 is 2.22 bits per heavy atom. The van der Waals surface area contributed by atoms with Crippen molar-refractivity contribution in [3.05, 3.63) is 76.1 Å². The molecular weight excluding hydrogens is 508 g/mol. The van der Waals surface area contributed by atoms with E-state index >= 15 is 4.39 Å². The van der Waals surface area contributed by atoms with Gasteiger partial charge in [0.2, 0.25) is 11.2 Å². The first-order valence-electron chi connectivity index (χ1n) is 11.7. The summed E-state index contributed by atoms with van der Waals surface area (Å²) in [5, 5.41) is 3.17. The number of nitrogens with zero attached hydrogens (tertiary/aromatic N) is 4. The van der Waals surface area contributed by atoms with E-state index in [9.17, 15) is 14.0 Å². The Labute approximate surface area is 216 Å². The summed E-state index contributed by atoms with van der Waals surface area (Å²) in [6, 6.07) is 2.62. The number of carbonyl (C=O) groups is 2. The van der Waals surface area contributed by atoms with Crippen LogP contribution in [0.1, 0.15) is 64.4 Å². The van der Waals surface area contributed by atoms with Gasteiger partial charge in [-0.2, -0.15) is 0 Å². The van der Waals surface area contributed by atoms with E-state index in [4.69, 9.17) is 21.1 Å². The minimum Gasteiger partial charge on any atom is -0.462 e. The van der Waals surface area contributed by atoms with Crippen LogP contribution in [0.2, 0.25) is 5.28 Å². The Balaban J connectivity index is 1.47. The van der Waals surface area contributed by atoms with E-state index in [1.807, 2.05) is 0 Å².